The summed E-state index contributed by atoms with van der Waals surface area (Å²) >= 11 is 1.42. The smallest absolute Gasteiger partial charge is 0.310 e. The number of oxazole rings is 1. The molecule has 1 aliphatic heterocycles. The molecule has 158 valence electrons. The number of benzene rings is 1. The van der Waals surface area contributed by atoms with Gasteiger partial charge in [0.15, 0.2) is 11.3 Å². The molecule has 1 atom stereocenters. The highest BCUT2D eigenvalue weighted by Crippen LogP contribution is 2.28. The zero-order chi connectivity index (χ0) is 21.1. The van der Waals surface area contributed by atoms with Gasteiger partial charge in [0.05, 0.1) is 18.3 Å². The number of carbonyl (C=O) groups excluding carboxylic acids is 2. The Morgan fingerprint density at radius 1 is 1.27 bits per heavy atom. The van der Waals surface area contributed by atoms with Crippen LogP contribution in [0.25, 0.3) is 11.1 Å². The van der Waals surface area contributed by atoms with E-state index in [0.29, 0.717) is 36.4 Å². The Hall–Kier alpha value is -2.74. The number of nitrogens with zero attached hydrogens (tertiary/aromatic N) is 2. The Bertz CT molecular complexity index is 1060. The standard InChI is InChI=1S/C22H24N2O5S/c1-3-27-21(26)15-5-4-10-24(12-15)20(25)19-9-7-16(28-19)13-30-22-23-17-11-14(2)6-8-18(17)29-22/h6-9,11,15H,3-5,10,12-13H2,1-2H3. The molecular weight excluding hydrogens is 404 g/mol. The van der Waals surface area contributed by atoms with Crippen molar-refractivity contribution in [3.8, 4) is 0 Å². The van der Waals surface area contributed by atoms with Crippen molar-refractivity contribution in [3.63, 3.8) is 0 Å². The van der Waals surface area contributed by atoms with Crippen LogP contribution in [0.1, 0.15) is 41.6 Å². The first kappa shape index (κ1) is 20.5. The minimum atomic E-state index is -0.268. The van der Waals surface area contributed by atoms with E-state index in [9.17, 15) is 9.59 Å². The van der Waals surface area contributed by atoms with Crippen molar-refractivity contribution in [1.29, 1.82) is 0 Å². The van der Waals surface area contributed by atoms with Crippen LogP contribution < -0.4 is 0 Å². The summed E-state index contributed by atoms with van der Waals surface area (Å²) in [7, 11) is 0. The van der Waals surface area contributed by atoms with Gasteiger partial charge in [-0.2, -0.15) is 0 Å². The van der Waals surface area contributed by atoms with E-state index >= 15 is 0 Å². The van der Waals surface area contributed by atoms with Gasteiger partial charge in [-0.3, -0.25) is 9.59 Å². The van der Waals surface area contributed by atoms with E-state index < -0.39 is 0 Å². The largest absolute Gasteiger partial charge is 0.466 e. The molecule has 3 aromatic rings. The Morgan fingerprint density at radius 3 is 2.97 bits per heavy atom. The lowest BCUT2D eigenvalue weighted by Gasteiger charge is -2.30. The second-order valence-corrected chi connectivity index (χ2v) is 8.27. The molecule has 8 heteroatoms. The lowest BCUT2D eigenvalue weighted by Crippen LogP contribution is -2.42. The molecule has 30 heavy (non-hydrogen) atoms. The number of piperidine rings is 1. The number of likely N-dealkylation sites (tertiary alicyclic amines) is 1. The van der Waals surface area contributed by atoms with Gasteiger partial charge < -0.3 is 18.5 Å². The van der Waals surface area contributed by atoms with Gasteiger partial charge in [0.1, 0.15) is 11.3 Å². The number of carbonyl (C=O) groups is 2. The number of ether oxygens (including phenoxy) is 1. The molecule has 3 heterocycles. The molecule has 2 aromatic heterocycles. The van der Waals surface area contributed by atoms with E-state index in [1.807, 2.05) is 25.1 Å². The second kappa shape index (κ2) is 8.95. The maximum absolute atomic E-state index is 12.8. The maximum atomic E-state index is 12.8. The molecule has 0 radical (unpaired) electrons. The fraction of sp³-hybridized carbons (Fsp3) is 0.409. The van der Waals surface area contributed by atoms with Crippen molar-refractivity contribution in [2.75, 3.05) is 19.7 Å². The Morgan fingerprint density at radius 2 is 2.13 bits per heavy atom. The van der Waals surface area contributed by atoms with Crippen molar-refractivity contribution >= 4 is 34.7 Å². The number of hydrogen-bond acceptors (Lipinski definition) is 7. The van der Waals surface area contributed by atoms with Crippen molar-refractivity contribution in [1.82, 2.24) is 9.88 Å². The molecule has 1 unspecified atom stereocenters. The van der Waals surface area contributed by atoms with Gasteiger partial charge in [-0.05, 0) is 56.5 Å². The summed E-state index contributed by atoms with van der Waals surface area (Å²) in [5, 5.41) is 0.563. The van der Waals surface area contributed by atoms with Crippen LogP contribution in [0.15, 0.2) is 44.4 Å². The van der Waals surface area contributed by atoms with E-state index in [-0.39, 0.29) is 23.6 Å². The topological polar surface area (TPSA) is 85.8 Å². The zero-order valence-corrected chi connectivity index (χ0v) is 17.9. The summed E-state index contributed by atoms with van der Waals surface area (Å²) in [6.45, 7) is 5.13. The third kappa shape index (κ3) is 4.53. The van der Waals surface area contributed by atoms with Crippen LogP contribution in [0.3, 0.4) is 0 Å². The third-order valence-electron chi connectivity index (χ3n) is 5.06. The van der Waals surface area contributed by atoms with Crippen LogP contribution in [0.5, 0.6) is 0 Å². The van der Waals surface area contributed by atoms with E-state index in [2.05, 4.69) is 4.98 Å². The van der Waals surface area contributed by atoms with Gasteiger partial charge in [0.25, 0.3) is 11.1 Å². The average molecular weight is 429 g/mol. The van der Waals surface area contributed by atoms with Gasteiger partial charge in [0, 0.05) is 13.1 Å². The molecule has 1 aliphatic rings. The predicted octanol–water partition coefficient (Wildman–Crippen LogP) is 4.44. The van der Waals surface area contributed by atoms with Crippen molar-refractivity contribution in [2.24, 2.45) is 5.92 Å². The lowest BCUT2D eigenvalue weighted by molar-refractivity contribution is -0.149. The summed E-state index contributed by atoms with van der Waals surface area (Å²) in [4.78, 5) is 31.0. The fourth-order valence-corrected chi connectivity index (χ4v) is 4.28. The molecule has 0 aliphatic carbocycles. The van der Waals surface area contributed by atoms with Crippen molar-refractivity contribution < 1.29 is 23.2 Å². The summed E-state index contributed by atoms with van der Waals surface area (Å²) in [5.74, 6) is 0.752. The molecule has 4 rings (SSSR count). The highest BCUT2D eigenvalue weighted by molar-refractivity contribution is 7.98. The lowest BCUT2D eigenvalue weighted by atomic mass is 9.98. The summed E-state index contributed by atoms with van der Waals surface area (Å²) in [6, 6.07) is 9.35. The van der Waals surface area contributed by atoms with Gasteiger partial charge in [-0.25, -0.2) is 4.98 Å². The normalized spacial score (nSPS) is 16.7. The van der Waals surface area contributed by atoms with Crippen molar-refractivity contribution in [3.05, 3.63) is 47.4 Å². The molecule has 1 saturated heterocycles. The number of amides is 1. The molecule has 0 bridgehead atoms. The molecule has 7 nitrogen and oxygen atoms in total. The first-order chi connectivity index (χ1) is 14.5. The second-order valence-electron chi connectivity index (χ2n) is 7.35. The first-order valence-corrected chi connectivity index (χ1v) is 11.1. The zero-order valence-electron chi connectivity index (χ0n) is 17.1. The number of thioether (sulfide) groups is 1. The van der Waals surface area contributed by atoms with Crippen LogP contribution in [0, 0.1) is 12.8 Å². The van der Waals surface area contributed by atoms with E-state index in [1.54, 1.807) is 24.0 Å². The van der Waals surface area contributed by atoms with Crippen LogP contribution in [-0.4, -0.2) is 41.5 Å². The minimum Gasteiger partial charge on any atom is -0.466 e. The molecule has 1 fully saturated rings. The van der Waals surface area contributed by atoms with Gasteiger partial charge >= 0.3 is 5.97 Å². The van der Waals surface area contributed by atoms with Crippen LogP contribution in [0.4, 0.5) is 0 Å². The fourth-order valence-electron chi connectivity index (χ4n) is 3.55. The molecule has 1 amide bonds. The number of fused-ring (bicyclic) bond motifs is 1. The summed E-state index contributed by atoms with van der Waals surface area (Å²) in [6.07, 6.45) is 1.52. The monoisotopic (exact) mass is 428 g/mol. The van der Waals surface area contributed by atoms with Gasteiger partial charge in [-0.1, -0.05) is 17.8 Å². The molecule has 0 spiro atoms. The number of aromatic nitrogens is 1. The van der Waals surface area contributed by atoms with E-state index in [4.69, 9.17) is 13.6 Å². The SMILES string of the molecule is CCOC(=O)C1CCCN(C(=O)c2ccc(CSc3nc4cc(C)ccc4o3)o2)C1. The number of rotatable bonds is 6. The van der Waals surface area contributed by atoms with E-state index in [1.165, 1.54) is 11.8 Å². The van der Waals surface area contributed by atoms with E-state index in [0.717, 1.165) is 29.5 Å². The summed E-state index contributed by atoms with van der Waals surface area (Å²) in [5.41, 5.74) is 2.71. The average Bonchev–Trinajstić information content (AvgIpc) is 3.38. The maximum Gasteiger partial charge on any atom is 0.310 e. The first-order valence-electron chi connectivity index (χ1n) is 10.1. The number of esters is 1. The molecular formula is C22H24N2O5S. The summed E-state index contributed by atoms with van der Waals surface area (Å²) < 4.78 is 16.6. The van der Waals surface area contributed by atoms with Crippen molar-refractivity contribution in [2.45, 2.75) is 37.7 Å². The Labute approximate surface area is 178 Å². The van der Waals surface area contributed by atoms with Crippen LogP contribution in [-0.2, 0) is 15.3 Å². The minimum absolute atomic E-state index is 0.197. The number of hydrogen-bond donors (Lipinski definition) is 0. The number of furan rings is 1. The molecule has 1 aromatic carbocycles. The Balaban J connectivity index is 1.37. The Kier molecular flexibility index (Phi) is 6.13. The van der Waals surface area contributed by atoms with Gasteiger partial charge in [-0.15, -0.1) is 0 Å². The third-order valence-corrected chi connectivity index (χ3v) is 5.91. The highest BCUT2D eigenvalue weighted by Gasteiger charge is 2.30. The highest BCUT2D eigenvalue weighted by atomic mass is 32.2. The van der Waals surface area contributed by atoms with Crippen LogP contribution in [0.2, 0.25) is 0 Å². The molecule has 0 saturated carbocycles. The predicted molar refractivity (Wildman–Crippen MR) is 112 cm³/mol. The quantitative estimate of drug-likeness (QED) is 0.424. The van der Waals surface area contributed by atoms with Crippen LogP contribution >= 0.6 is 11.8 Å². The number of aryl methyl sites for hydroxylation is 1. The molecule has 0 N–H and O–H groups in total. The van der Waals surface area contributed by atoms with Gasteiger partial charge in [0.2, 0.25) is 0 Å².